The third kappa shape index (κ3) is 1.93. The summed E-state index contributed by atoms with van der Waals surface area (Å²) < 4.78 is 0. The maximum absolute atomic E-state index is 13.1. The zero-order valence-electron chi connectivity index (χ0n) is 14.0. The summed E-state index contributed by atoms with van der Waals surface area (Å²) in [6, 6.07) is 13.4. The summed E-state index contributed by atoms with van der Waals surface area (Å²) in [5.74, 6) is -0.553. The van der Waals surface area contributed by atoms with E-state index < -0.39 is 17.2 Å². The fourth-order valence-corrected chi connectivity index (χ4v) is 4.46. The van der Waals surface area contributed by atoms with E-state index in [9.17, 15) is 15.0 Å². The first-order chi connectivity index (χ1) is 12.4. The molecule has 134 valence electrons. The molecule has 4 rings (SSSR count). The normalized spacial score (nSPS) is 27.1. The molecule has 2 aliphatic rings. The van der Waals surface area contributed by atoms with E-state index in [0.29, 0.717) is 34.8 Å². The molecule has 0 saturated carbocycles. The van der Waals surface area contributed by atoms with Gasteiger partial charge in [-0.3, -0.25) is 9.69 Å². The second-order valence-corrected chi connectivity index (χ2v) is 7.27. The molecular formula is C19H17ClN2O3S. The van der Waals surface area contributed by atoms with Crippen molar-refractivity contribution in [2.75, 3.05) is 11.4 Å². The van der Waals surface area contributed by atoms with Gasteiger partial charge in [0.15, 0.2) is 5.11 Å². The van der Waals surface area contributed by atoms with Gasteiger partial charge in [-0.05, 0) is 42.9 Å². The number of Topliss-reactive ketones (excluding diaryl/α,β-unsaturated/α-hetero) is 1. The average Bonchev–Trinajstić information content (AvgIpc) is 2.92. The second-order valence-electron chi connectivity index (χ2n) is 6.47. The summed E-state index contributed by atoms with van der Waals surface area (Å²) >= 11 is 11.6. The largest absolute Gasteiger partial charge is 0.362 e. The molecule has 2 aromatic rings. The number of ketones is 1. The number of halogens is 1. The van der Waals surface area contributed by atoms with Gasteiger partial charge in [-0.2, -0.15) is 0 Å². The van der Waals surface area contributed by atoms with E-state index in [-0.39, 0.29) is 5.11 Å². The van der Waals surface area contributed by atoms with Crippen LogP contribution in [0.5, 0.6) is 0 Å². The predicted molar refractivity (Wildman–Crippen MR) is 103 cm³/mol. The minimum atomic E-state index is -2.18. The molecule has 2 N–H and O–H groups in total. The Morgan fingerprint density at radius 2 is 1.73 bits per heavy atom. The minimum Gasteiger partial charge on any atom is -0.362 e. The van der Waals surface area contributed by atoms with Gasteiger partial charge in [0.2, 0.25) is 11.5 Å². The van der Waals surface area contributed by atoms with Crippen molar-refractivity contribution in [3.63, 3.8) is 0 Å². The Bertz CT molecular complexity index is 919. The van der Waals surface area contributed by atoms with Gasteiger partial charge in [-0.15, -0.1) is 0 Å². The summed E-state index contributed by atoms with van der Waals surface area (Å²) in [5, 5.41) is 24.0. The number of nitrogens with zero attached hydrogens (tertiary/aromatic N) is 2. The third-order valence-electron chi connectivity index (χ3n) is 5.02. The quantitative estimate of drug-likeness (QED) is 0.788. The lowest BCUT2D eigenvalue weighted by Gasteiger charge is -2.37. The topological polar surface area (TPSA) is 64.0 Å². The lowest BCUT2D eigenvalue weighted by Crippen LogP contribution is -2.60. The van der Waals surface area contributed by atoms with Gasteiger partial charge >= 0.3 is 0 Å². The van der Waals surface area contributed by atoms with Gasteiger partial charge in [-0.1, -0.05) is 42.8 Å². The molecule has 2 aromatic carbocycles. The summed E-state index contributed by atoms with van der Waals surface area (Å²) in [7, 11) is 0. The number of anilines is 1. The molecular weight excluding hydrogens is 372 g/mol. The predicted octanol–water partition coefficient (Wildman–Crippen LogP) is 2.89. The second kappa shape index (κ2) is 5.76. The fourth-order valence-electron chi connectivity index (χ4n) is 3.87. The molecule has 0 bridgehead atoms. The van der Waals surface area contributed by atoms with Crippen LogP contribution in [0.15, 0.2) is 48.5 Å². The van der Waals surface area contributed by atoms with E-state index in [1.165, 1.54) is 9.80 Å². The van der Waals surface area contributed by atoms with Crippen LogP contribution >= 0.6 is 23.8 Å². The van der Waals surface area contributed by atoms with Crippen LogP contribution in [0.4, 0.5) is 5.69 Å². The monoisotopic (exact) mass is 388 g/mol. The Labute approximate surface area is 161 Å². The first kappa shape index (κ1) is 17.4. The third-order valence-corrected chi connectivity index (χ3v) is 5.67. The summed E-state index contributed by atoms with van der Waals surface area (Å²) in [6.07, 6.45) is 0.649. The highest BCUT2D eigenvalue weighted by Gasteiger charge is 2.74. The minimum absolute atomic E-state index is 0.196. The highest BCUT2D eigenvalue weighted by molar-refractivity contribution is 7.80. The van der Waals surface area contributed by atoms with Crippen LogP contribution in [0.1, 0.15) is 29.3 Å². The number of hydrogen-bond donors (Lipinski definition) is 2. The van der Waals surface area contributed by atoms with Gasteiger partial charge in [0.25, 0.3) is 5.72 Å². The Kier molecular flexibility index (Phi) is 3.86. The van der Waals surface area contributed by atoms with E-state index in [1.807, 2.05) is 6.92 Å². The Hall–Kier alpha value is -1.99. The maximum atomic E-state index is 13.1. The lowest BCUT2D eigenvalue weighted by molar-refractivity contribution is -0.153. The Morgan fingerprint density at radius 1 is 1.08 bits per heavy atom. The van der Waals surface area contributed by atoms with Crippen LogP contribution in [-0.4, -0.2) is 38.3 Å². The van der Waals surface area contributed by atoms with Crippen LogP contribution in [0.2, 0.25) is 5.02 Å². The molecule has 5 nitrogen and oxygen atoms in total. The van der Waals surface area contributed by atoms with Crippen molar-refractivity contribution in [2.24, 2.45) is 0 Å². The number of rotatable bonds is 3. The van der Waals surface area contributed by atoms with Crippen molar-refractivity contribution in [2.45, 2.75) is 24.8 Å². The van der Waals surface area contributed by atoms with Crippen molar-refractivity contribution in [3.05, 3.63) is 64.7 Å². The molecule has 1 aliphatic heterocycles. The molecule has 1 fully saturated rings. The van der Waals surface area contributed by atoms with E-state index in [4.69, 9.17) is 23.8 Å². The van der Waals surface area contributed by atoms with Gasteiger partial charge in [0, 0.05) is 28.4 Å². The standard InChI is InChI=1S/C19H17ClN2O3S/c1-2-11-21-17(26)22(13-9-7-12(20)8-10-13)18(24)15-6-4-3-5-14(15)16(23)19(18,21)25/h3-10,24-25H,2,11H2,1H3/t18-,19+/m0/s1. The molecule has 0 aromatic heterocycles. The molecule has 0 unspecified atom stereocenters. The number of thiocarbonyl (C=S) groups is 1. The highest BCUT2D eigenvalue weighted by Crippen LogP contribution is 2.54. The highest BCUT2D eigenvalue weighted by atomic mass is 35.5. The van der Waals surface area contributed by atoms with Crippen molar-refractivity contribution in [3.8, 4) is 0 Å². The van der Waals surface area contributed by atoms with Crippen LogP contribution in [0.3, 0.4) is 0 Å². The Morgan fingerprint density at radius 3 is 2.38 bits per heavy atom. The van der Waals surface area contributed by atoms with Crippen molar-refractivity contribution >= 4 is 40.4 Å². The SMILES string of the molecule is CCCN1C(=S)N(c2ccc(Cl)cc2)[C@]2(O)c3ccccc3C(=O)[C@]12O. The van der Waals surface area contributed by atoms with E-state index in [0.717, 1.165) is 0 Å². The first-order valence-corrected chi connectivity index (χ1v) is 9.12. The zero-order chi connectivity index (χ0) is 18.7. The molecule has 2 atom stereocenters. The van der Waals surface area contributed by atoms with Crippen molar-refractivity contribution < 1.29 is 15.0 Å². The number of hydrogen-bond acceptors (Lipinski definition) is 4. The van der Waals surface area contributed by atoms with Gasteiger partial charge in [0.05, 0.1) is 0 Å². The van der Waals surface area contributed by atoms with Crippen LogP contribution in [-0.2, 0) is 5.72 Å². The molecule has 1 aliphatic carbocycles. The van der Waals surface area contributed by atoms with Crippen molar-refractivity contribution in [1.29, 1.82) is 0 Å². The summed E-state index contributed by atoms with van der Waals surface area (Å²) in [5.41, 5.74) is -3.02. The van der Waals surface area contributed by atoms with E-state index >= 15 is 0 Å². The molecule has 7 heteroatoms. The molecule has 1 heterocycles. The summed E-state index contributed by atoms with van der Waals surface area (Å²) in [4.78, 5) is 16.0. The molecule has 26 heavy (non-hydrogen) atoms. The number of fused-ring (bicyclic) bond motifs is 3. The van der Waals surface area contributed by atoms with Gasteiger partial charge in [0.1, 0.15) is 0 Å². The molecule has 0 amide bonds. The lowest BCUT2D eigenvalue weighted by atomic mass is 9.97. The maximum Gasteiger partial charge on any atom is 0.259 e. The number of aliphatic hydroxyl groups is 2. The zero-order valence-corrected chi connectivity index (χ0v) is 15.6. The molecule has 1 saturated heterocycles. The van der Waals surface area contributed by atoms with Gasteiger partial charge < -0.3 is 15.1 Å². The Balaban J connectivity index is 2.00. The first-order valence-electron chi connectivity index (χ1n) is 8.33. The van der Waals surface area contributed by atoms with Crippen LogP contribution in [0, 0.1) is 0 Å². The van der Waals surface area contributed by atoms with Crippen LogP contribution in [0.25, 0.3) is 0 Å². The van der Waals surface area contributed by atoms with Gasteiger partial charge in [-0.25, -0.2) is 0 Å². The molecule has 0 radical (unpaired) electrons. The van der Waals surface area contributed by atoms with Crippen LogP contribution < -0.4 is 4.90 Å². The van der Waals surface area contributed by atoms with E-state index in [1.54, 1.807) is 48.5 Å². The fraction of sp³-hybridized carbons (Fsp3) is 0.263. The number of benzene rings is 2. The number of carbonyl (C=O) groups excluding carboxylic acids is 1. The number of carbonyl (C=O) groups is 1. The smallest absolute Gasteiger partial charge is 0.259 e. The molecule has 0 spiro atoms. The summed E-state index contributed by atoms with van der Waals surface area (Å²) in [6.45, 7) is 2.25. The average molecular weight is 389 g/mol. The van der Waals surface area contributed by atoms with E-state index in [2.05, 4.69) is 0 Å². The van der Waals surface area contributed by atoms with Crippen molar-refractivity contribution in [1.82, 2.24) is 4.90 Å².